The van der Waals surface area contributed by atoms with E-state index < -0.39 is 18.5 Å². The third-order valence-electron chi connectivity index (χ3n) is 4.67. The average Bonchev–Trinajstić information content (AvgIpc) is 3.23. The average molecular weight is 400 g/mol. The molecule has 3 aromatic heterocycles. The van der Waals surface area contributed by atoms with Gasteiger partial charge in [-0.05, 0) is 48.7 Å². The van der Waals surface area contributed by atoms with Crippen LogP contribution in [-0.2, 0) is 6.42 Å². The Labute approximate surface area is 165 Å². The fraction of sp³-hybridized carbons (Fsp3) is 0.286. The molecule has 8 heteroatoms. The van der Waals surface area contributed by atoms with Gasteiger partial charge in [-0.1, -0.05) is 13.8 Å². The SMILES string of the molecule is Cc1cc(-c2[nH]c3ccc(-c4nnc(CC(F)(F)F)o4)cc3c2C(C)C)ccn1. The number of aryl methyl sites for hydroxylation is 1. The lowest BCUT2D eigenvalue weighted by Gasteiger charge is -2.09. The normalized spacial score (nSPS) is 12.2. The Morgan fingerprint density at radius 1 is 1.07 bits per heavy atom. The van der Waals surface area contributed by atoms with Crippen molar-refractivity contribution in [2.45, 2.75) is 39.3 Å². The topological polar surface area (TPSA) is 67.6 Å². The standard InChI is InChI=1S/C21H19F3N4O/c1-11(2)18-15-9-14(20-28-27-17(29-20)10-21(22,23)24)4-5-16(15)26-19(18)13-6-7-25-12(3)8-13/h4-9,11,26H,10H2,1-3H3. The number of nitrogens with one attached hydrogen (secondary N) is 1. The third-order valence-corrected chi connectivity index (χ3v) is 4.67. The molecule has 0 aliphatic heterocycles. The number of hydrogen-bond acceptors (Lipinski definition) is 4. The molecule has 4 aromatic rings. The van der Waals surface area contributed by atoms with Gasteiger partial charge in [0.15, 0.2) is 0 Å². The van der Waals surface area contributed by atoms with Crippen LogP contribution in [0, 0.1) is 6.92 Å². The van der Waals surface area contributed by atoms with Gasteiger partial charge in [-0.3, -0.25) is 4.98 Å². The van der Waals surface area contributed by atoms with Crippen LogP contribution in [-0.4, -0.2) is 26.3 Å². The van der Waals surface area contributed by atoms with Crippen molar-refractivity contribution in [3.63, 3.8) is 0 Å². The summed E-state index contributed by atoms with van der Waals surface area (Å²) in [7, 11) is 0. The Morgan fingerprint density at radius 2 is 1.86 bits per heavy atom. The van der Waals surface area contributed by atoms with Crippen molar-refractivity contribution in [3.05, 3.63) is 53.7 Å². The predicted octanol–water partition coefficient (Wildman–Crippen LogP) is 5.82. The number of halogens is 3. The van der Waals surface area contributed by atoms with E-state index in [0.29, 0.717) is 5.56 Å². The van der Waals surface area contributed by atoms with Crippen molar-refractivity contribution in [1.82, 2.24) is 20.2 Å². The van der Waals surface area contributed by atoms with Gasteiger partial charge in [-0.25, -0.2) is 0 Å². The van der Waals surface area contributed by atoms with Gasteiger partial charge in [0.05, 0.1) is 5.69 Å². The van der Waals surface area contributed by atoms with Crippen LogP contribution >= 0.6 is 0 Å². The molecule has 0 unspecified atom stereocenters. The Balaban J connectivity index is 1.81. The van der Waals surface area contributed by atoms with Crippen LogP contribution in [0.2, 0.25) is 0 Å². The highest BCUT2D eigenvalue weighted by atomic mass is 19.4. The highest BCUT2D eigenvalue weighted by Gasteiger charge is 2.31. The summed E-state index contributed by atoms with van der Waals surface area (Å²) in [6.07, 6.45) is -3.86. The van der Waals surface area contributed by atoms with Crippen LogP contribution in [0.1, 0.15) is 36.9 Å². The lowest BCUT2D eigenvalue weighted by atomic mass is 9.95. The summed E-state index contributed by atoms with van der Waals surface area (Å²) in [5.41, 5.74) is 5.57. The van der Waals surface area contributed by atoms with E-state index in [1.165, 1.54) is 0 Å². The molecule has 0 radical (unpaired) electrons. The fourth-order valence-electron chi connectivity index (χ4n) is 3.49. The quantitative estimate of drug-likeness (QED) is 0.469. The number of aromatic amines is 1. The summed E-state index contributed by atoms with van der Waals surface area (Å²) in [5.74, 6) is -0.159. The monoisotopic (exact) mass is 400 g/mol. The van der Waals surface area contributed by atoms with E-state index in [4.69, 9.17) is 4.42 Å². The second-order valence-electron chi connectivity index (χ2n) is 7.31. The molecule has 0 atom stereocenters. The zero-order valence-electron chi connectivity index (χ0n) is 16.1. The van der Waals surface area contributed by atoms with Crippen LogP contribution in [0.25, 0.3) is 33.6 Å². The molecule has 0 saturated heterocycles. The number of fused-ring (bicyclic) bond motifs is 1. The summed E-state index contributed by atoms with van der Waals surface area (Å²) in [6.45, 7) is 6.13. The summed E-state index contributed by atoms with van der Waals surface area (Å²) in [4.78, 5) is 7.71. The first-order chi connectivity index (χ1) is 13.7. The highest BCUT2D eigenvalue weighted by Crippen LogP contribution is 2.37. The number of nitrogens with zero attached hydrogens (tertiary/aromatic N) is 3. The first-order valence-electron chi connectivity index (χ1n) is 9.19. The first-order valence-corrected chi connectivity index (χ1v) is 9.19. The zero-order chi connectivity index (χ0) is 20.8. The summed E-state index contributed by atoms with van der Waals surface area (Å²) < 4.78 is 42.9. The molecule has 0 aliphatic rings. The maximum Gasteiger partial charge on any atom is 0.397 e. The van der Waals surface area contributed by atoms with Crippen molar-refractivity contribution < 1.29 is 17.6 Å². The molecule has 4 rings (SSSR count). The van der Waals surface area contributed by atoms with Gasteiger partial charge in [0, 0.05) is 33.9 Å². The summed E-state index contributed by atoms with van der Waals surface area (Å²) >= 11 is 0. The lowest BCUT2D eigenvalue weighted by Crippen LogP contribution is -2.11. The molecule has 0 bridgehead atoms. The highest BCUT2D eigenvalue weighted by molar-refractivity contribution is 5.93. The van der Waals surface area contributed by atoms with Crippen LogP contribution in [0.15, 0.2) is 40.9 Å². The minimum absolute atomic E-state index is 0.0726. The maximum absolute atomic E-state index is 12.6. The van der Waals surface area contributed by atoms with E-state index in [0.717, 1.165) is 33.4 Å². The third kappa shape index (κ3) is 3.87. The predicted molar refractivity (Wildman–Crippen MR) is 103 cm³/mol. The Kier molecular flexibility index (Phi) is 4.64. The van der Waals surface area contributed by atoms with Gasteiger partial charge in [-0.15, -0.1) is 10.2 Å². The second kappa shape index (κ2) is 7.02. The van der Waals surface area contributed by atoms with E-state index >= 15 is 0 Å². The molecular formula is C21H19F3N4O. The fourth-order valence-corrected chi connectivity index (χ4v) is 3.49. The van der Waals surface area contributed by atoms with Gasteiger partial charge < -0.3 is 9.40 Å². The van der Waals surface area contributed by atoms with E-state index in [1.54, 1.807) is 12.3 Å². The van der Waals surface area contributed by atoms with Crippen LogP contribution < -0.4 is 0 Å². The molecular weight excluding hydrogens is 381 g/mol. The summed E-state index contributed by atoms with van der Waals surface area (Å²) in [6, 6.07) is 9.48. The number of aromatic nitrogens is 4. The van der Waals surface area contributed by atoms with Crippen molar-refractivity contribution in [3.8, 4) is 22.7 Å². The molecule has 0 fully saturated rings. The molecule has 5 nitrogen and oxygen atoms in total. The molecule has 3 heterocycles. The smallest absolute Gasteiger partial charge is 0.397 e. The number of H-pyrrole nitrogens is 1. The Bertz CT molecular complexity index is 1170. The number of benzene rings is 1. The largest absolute Gasteiger partial charge is 0.420 e. The molecule has 0 aliphatic carbocycles. The molecule has 1 aromatic carbocycles. The Hall–Kier alpha value is -3.16. The minimum Gasteiger partial charge on any atom is -0.420 e. The maximum atomic E-state index is 12.6. The zero-order valence-corrected chi connectivity index (χ0v) is 16.1. The van der Waals surface area contributed by atoms with E-state index in [1.807, 2.05) is 31.2 Å². The van der Waals surface area contributed by atoms with Gasteiger partial charge >= 0.3 is 6.18 Å². The van der Waals surface area contributed by atoms with E-state index in [-0.39, 0.29) is 11.8 Å². The molecule has 29 heavy (non-hydrogen) atoms. The molecule has 1 N–H and O–H groups in total. The van der Waals surface area contributed by atoms with E-state index in [9.17, 15) is 13.2 Å². The molecule has 0 spiro atoms. The van der Waals surface area contributed by atoms with Crippen LogP contribution in [0.3, 0.4) is 0 Å². The number of pyridine rings is 1. The molecule has 0 amide bonds. The molecule has 150 valence electrons. The molecule has 0 saturated carbocycles. The van der Waals surface area contributed by atoms with Gasteiger partial charge in [0.1, 0.15) is 6.42 Å². The Morgan fingerprint density at radius 3 is 2.55 bits per heavy atom. The van der Waals surface area contributed by atoms with Crippen molar-refractivity contribution in [1.29, 1.82) is 0 Å². The van der Waals surface area contributed by atoms with E-state index in [2.05, 4.69) is 34.0 Å². The van der Waals surface area contributed by atoms with Gasteiger partial charge in [0.25, 0.3) is 0 Å². The lowest BCUT2D eigenvalue weighted by molar-refractivity contribution is -0.130. The first kappa shape index (κ1) is 19.2. The number of alkyl halides is 3. The summed E-state index contributed by atoms with van der Waals surface area (Å²) in [5, 5.41) is 8.29. The number of hydrogen-bond donors (Lipinski definition) is 1. The van der Waals surface area contributed by atoms with Crippen LogP contribution in [0.4, 0.5) is 13.2 Å². The van der Waals surface area contributed by atoms with Crippen molar-refractivity contribution in [2.24, 2.45) is 0 Å². The van der Waals surface area contributed by atoms with Gasteiger partial charge in [-0.2, -0.15) is 13.2 Å². The number of rotatable bonds is 4. The minimum atomic E-state index is -4.39. The van der Waals surface area contributed by atoms with Gasteiger partial charge in [0.2, 0.25) is 11.8 Å². The second-order valence-corrected chi connectivity index (χ2v) is 7.31. The van der Waals surface area contributed by atoms with Crippen molar-refractivity contribution in [2.75, 3.05) is 0 Å². The van der Waals surface area contributed by atoms with Crippen molar-refractivity contribution >= 4 is 10.9 Å². The van der Waals surface area contributed by atoms with Crippen LogP contribution in [0.5, 0.6) is 0 Å².